The Labute approximate surface area is 88.4 Å². The van der Waals surface area contributed by atoms with Gasteiger partial charge in [-0.2, -0.15) is 0 Å². The molecule has 0 aromatic carbocycles. The summed E-state index contributed by atoms with van der Waals surface area (Å²) in [4.78, 5) is 0. The molecule has 2 nitrogen and oxygen atoms in total. The lowest BCUT2D eigenvalue weighted by Crippen LogP contribution is -2.25. The van der Waals surface area contributed by atoms with Gasteiger partial charge in [-0.25, -0.2) is 0 Å². The standard InChI is InChI=1S/C12H25NO/c1-3-13-12-8-7-11(10-12)6-5-9-14-4-2/h11-13H,3-10H2,1-2H3. The first-order valence-electron chi connectivity index (χ1n) is 6.18. The Morgan fingerprint density at radius 3 is 2.86 bits per heavy atom. The molecule has 1 saturated carbocycles. The van der Waals surface area contributed by atoms with Crippen LogP contribution in [-0.4, -0.2) is 25.8 Å². The van der Waals surface area contributed by atoms with Crippen molar-refractivity contribution < 1.29 is 4.74 Å². The molecule has 0 amide bonds. The third-order valence-corrected chi connectivity index (χ3v) is 3.14. The fraction of sp³-hybridized carbons (Fsp3) is 1.00. The summed E-state index contributed by atoms with van der Waals surface area (Å²) in [7, 11) is 0. The van der Waals surface area contributed by atoms with Crippen molar-refractivity contribution in [3.8, 4) is 0 Å². The number of rotatable bonds is 7. The average molecular weight is 199 g/mol. The van der Waals surface area contributed by atoms with Crippen LogP contribution in [-0.2, 0) is 4.74 Å². The molecular formula is C12H25NO. The monoisotopic (exact) mass is 199 g/mol. The van der Waals surface area contributed by atoms with Gasteiger partial charge in [-0.3, -0.25) is 0 Å². The van der Waals surface area contributed by atoms with Gasteiger partial charge in [-0.05, 0) is 51.5 Å². The molecule has 0 aliphatic heterocycles. The zero-order chi connectivity index (χ0) is 10.2. The Morgan fingerprint density at radius 1 is 1.29 bits per heavy atom. The van der Waals surface area contributed by atoms with E-state index in [1.807, 2.05) is 0 Å². The number of nitrogens with one attached hydrogen (secondary N) is 1. The molecule has 0 radical (unpaired) electrons. The lowest BCUT2D eigenvalue weighted by molar-refractivity contribution is 0.139. The van der Waals surface area contributed by atoms with E-state index in [1.54, 1.807) is 0 Å². The highest BCUT2D eigenvalue weighted by Gasteiger charge is 2.22. The van der Waals surface area contributed by atoms with E-state index in [2.05, 4.69) is 19.2 Å². The van der Waals surface area contributed by atoms with Crippen molar-refractivity contribution in [2.45, 2.75) is 52.0 Å². The van der Waals surface area contributed by atoms with Crippen LogP contribution in [0, 0.1) is 5.92 Å². The van der Waals surface area contributed by atoms with Crippen LogP contribution in [0.5, 0.6) is 0 Å². The summed E-state index contributed by atoms with van der Waals surface area (Å²) in [6.45, 7) is 7.21. The van der Waals surface area contributed by atoms with Crippen LogP contribution < -0.4 is 5.32 Å². The highest BCUT2D eigenvalue weighted by Crippen LogP contribution is 2.29. The minimum Gasteiger partial charge on any atom is -0.382 e. The Balaban J connectivity index is 1.98. The van der Waals surface area contributed by atoms with Gasteiger partial charge in [-0.1, -0.05) is 6.92 Å². The van der Waals surface area contributed by atoms with Crippen molar-refractivity contribution in [1.29, 1.82) is 0 Å². The van der Waals surface area contributed by atoms with Crippen LogP contribution in [0.3, 0.4) is 0 Å². The van der Waals surface area contributed by atoms with E-state index in [4.69, 9.17) is 4.74 Å². The lowest BCUT2D eigenvalue weighted by atomic mass is 10.0. The lowest BCUT2D eigenvalue weighted by Gasteiger charge is -2.11. The van der Waals surface area contributed by atoms with Crippen molar-refractivity contribution in [3.05, 3.63) is 0 Å². The smallest absolute Gasteiger partial charge is 0.0465 e. The van der Waals surface area contributed by atoms with E-state index in [-0.39, 0.29) is 0 Å². The first-order chi connectivity index (χ1) is 6.86. The Hall–Kier alpha value is -0.0800. The molecule has 0 saturated heterocycles. The topological polar surface area (TPSA) is 21.3 Å². The number of hydrogen-bond donors (Lipinski definition) is 1. The first-order valence-corrected chi connectivity index (χ1v) is 6.18. The molecule has 1 rings (SSSR count). The number of ether oxygens (including phenoxy) is 1. The summed E-state index contributed by atoms with van der Waals surface area (Å²) in [5.74, 6) is 0.958. The van der Waals surface area contributed by atoms with Gasteiger partial charge in [0.1, 0.15) is 0 Å². The normalized spacial score (nSPS) is 27.0. The van der Waals surface area contributed by atoms with Gasteiger partial charge >= 0.3 is 0 Å². The second kappa shape index (κ2) is 7.24. The molecule has 2 atom stereocenters. The molecule has 0 spiro atoms. The van der Waals surface area contributed by atoms with Gasteiger partial charge in [0.05, 0.1) is 0 Å². The van der Waals surface area contributed by atoms with Gasteiger partial charge in [-0.15, -0.1) is 0 Å². The first kappa shape index (κ1) is 12.0. The SMILES string of the molecule is CCNC1CCC(CCCOCC)C1. The summed E-state index contributed by atoms with van der Waals surface area (Å²) in [5.41, 5.74) is 0. The predicted octanol–water partition coefficient (Wildman–Crippen LogP) is 2.58. The van der Waals surface area contributed by atoms with Crippen molar-refractivity contribution in [2.24, 2.45) is 5.92 Å². The maximum Gasteiger partial charge on any atom is 0.0465 e. The third kappa shape index (κ3) is 4.43. The molecule has 0 heterocycles. The van der Waals surface area contributed by atoms with Gasteiger partial charge in [0, 0.05) is 19.3 Å². The van der Waals surface area contributed by atoms with E-state index in [1.165, 1.54) is 32.1 Å². The summed E-state index contributed by atoms with van der Waals surface area (Å²) in [6, 6.07) is 0.803. The summed E-state index contributed by atoms with van der Waals surface area (Å²) < 4.78 is 5.35. The number of hydrogen-bond acceptors (Lipinski definition) is 2. The van der Waals surface area contributed by atoms with Gasteiger partial charge < -0.3 is 10.1 Å². The third-order valence-electron chi connectivity index (χ3n) is 3.14. The second-order valence-electron chi connectivity index (χ2n) is 4.27. The summed E-state index contributed by atoms with van der Waals surface area (Å²) in [5, 5.41) is 3.54. The maximum absolute atomic E-state index is 5.35. The Morgan fingerprint density at radius 2 is 2.14 bits per heavy atom. The highest BCUT2D eigenvalue weighted by molar-refractivity contribution is 4.79. The Bertz CT molecular complexity index is 138. The van der Waals surface area contributed by atoms with E-state index >= 15 is 0 Å². The molecule has 0 aromatic heterocycles. The zero-order valence-corrected chi connectivity index (χ0v) is 9.72. The fourth-order valence-electron chi connectivity index (χ4n) is 2.43. The average Bonchev–Trinajstić information content (AvgIpc) is 2.61. The molecule has 0 aromatic rings. The van der Waals surface area contributed by atoms with Crippen LogP contribution in [0.25, 0.3) is 0 Å². The van der Waals surface area contributed by atoms with E-state index < -0.39 is 0 Å². The molecule has 1 N–H and O–H groups in total. The minimum absolute atomic E-state index is 0.803. The van der Waals surface area contributed by atoms with Crippen LogP contribution in [0.15, 0.2) is 0 Å². The molecule has 2 unspecified atom stereocenters. The molecule has 14 heavy (non-hydrogen) atoms. The van der Waals surface area contributed by atoms with Crippen LogP contribution in [0.1, 0.15) is 46.0 Å². The van der Waals surface area contributed by atoms with Gasteiger partial charge in [0.25, 0.3) is 0 Å². The molecule has 1 aliphatic carbocycles. The molecule has 84 valence electrons. The largest absolute Gasteiger partial charge is 0.382 e. The van der Waals surface area contributed by atoms with Crippen molar-refractivity contribution >= 4 is 0 Å². The maximum atomic E-state index is 5.35. The van der Waals surface area contributed by atoms with Crippen molar-refractivity contribution in [2.75, 3.05) is 19.8 Å². The van der Waals surface area contributed by atoms with E-state index in [0.29, 0.717) is 0 Å². The van der Waals surface area contributed by atoms with Crippen molar-refractivity contribution in [3.63, 3.8) is 0 Å². The summed E-state index contributed by atoms with van der Waals surface area (Å²) >= 11 is 0. The predicted molar refractivity (Wildman–Crippen MR) is 60.5 cm³/mol. The van der Waals surface area contributed by atoms with Crippen molar-refractivity contribution in [1.82, 2.24) is 5.32 Å². The molecule has 2 heteroatoms. The van der Waals surface area contributed by atoms with Crippen LogP contribution >= 0.6 is 0 Å². The van der Waals surface area contributed by atoms with Crippen LogP contribution in [0.2, 0.25) is 0 Å². The van der Waals surface area contributed by atoms with Crippen LogP contribution in [0.4, 0.5) is 0 Å². The Kier molecular flexibility index (Phi) is 6.20. The van der Waals surface area contributed by atoms with E-state index in [9.17, 15) is 0 Å². The minimum atomic E-state index is 0.803. The molecule has 0 bridgehead atoms. The van der Waals surface area contributed by atoms with E-state index in [0.717, 1.165) is 31.7 Å². The van der Waals surface area contributed by atoms with Gasteiger partial charge in [0.2, 0.25) is 0 Å². The fourth-order valence-corrected chi connectivity index (χ4v) is 2.43. The quantitative estimate of drug-likeness (QED) is 0.636. The summed E-state index contributed by atoms with van der Waals surface area (Å²) in [6.07, 6.45) is 6.80. The molecule has 1 fully saturated rings. The zero-order valence-electron chi connectivity index (χ0n) is 9.72. The molecular weight excluding hydrogens is 174 g/mol. The molecule has 1 aliphatic rings. The second-order valence-corrected chi connectivity index (χ2v) is 4.27. The highest BCUT2D eigenvalue weighted by atomic mass is 16.5. The van der Waals surface area contributed by atoms with Gasteiger partial charge in [0.15, 0.2) is 0 Å².